The average Bonchev–Trinajstić information content (AvgIpc) is 2.88. The van der Waals surface area contributed by atoms with E-state index in [1.807, 2.05) is 30.3 Å². The molecule has 0 amide bonds. The van der Waals surface area contributed by atoms with Crippen molar-refractivity contribution in [3.63, 3.8) is 0 Å². The standard InChI is InChI=1S/C13H16N4O3/c1-2-20-12(19)8-11(18)9-17-15-13(14-16-17)10-6-4-3-5-7-10/h3-7,11,18H,2,8-9H2,1H3. The van der Waals surface area contributed by atoms with E-state index in [2.05, 4.69) is 15.4 Å². The maximum atomic E-state index is 11.2. The van der Waals surface area contributed by atoms with Gasteiger partial charge in [-0.15, -0.1) is 10.2 Å². The van der Waals surface area contributed by atoms with Crippen molar-refractivity contribution in [1.29, 1.82) is 0 Å². The fourth-order valence-corrected chi connectivity index (χ4v) is 1.69. The minimum absolute atomic E-state index is 0.0873. The Morgan fingerprint density at radius 2 is 2.15 bits per heavy atom. The lowest BCUT2D eigenvalue weighted by atomic mass is 10.2. The number of carbonyl (C=O) groups excluding carboxylic acids is 1. The van der Waals surface area contributed by atoms with Gasteiger partial charge in [0.1, 0.15) is 0 Å². The van der Waals surface area contributed by atoms with E-state index < -0.39 is 12.1 Å². The molecule has 0 fully saturated rings. The van der Waals surface area contributed by atoms with Crippen LogP contribution in [0.3, 0.4) is 0 Å². The second-order valence-corrected chi connectivity index (χ2v) is 4.20. The zero-order valence-electron chi connectivity index (χ0n) is 11.1. The molecule has 20 heavy (non-hydrogen) atoms. The Hall–Kier alpha value is -2.28. The predicted octanol–water partition coefficient (Wildman–Crippen LogP) is 0.654. The van der Waals surface area contributed by atoms with E-state index in [-0.39, 0.29) is 13.0 Å². The zero-order valence-corrected chi connectivity index (χ0v) is 11.1. The summed E-state index contributed by atoms with van der Waals surface area (Å²) in [5.41, 5.74) is 0.846. The van der Waals surface area contributed by atoms with Gasteiger partial charge in [-0.2, -0.15) is 4.80 Å². The van der Waals surface area contributed by atoms with Gasteiger partial charge >= 0.3 is 5.97 Å². The van der Waals surface area contributed by atoms with Crippen molar-refractivity contribution in [3.8, 4) is 11.4 Å². The van der Waals surface area contributed by atoms with Crippen LogP contribution in [0.2, 0.25) is 0 Å². The molecule has 0 aliphatic rings. The summed E-state index contributed by atoms with van der Waals surface area (Å²) >= 11 is 0. The maximum Gasteiger partial charge on any atom is 0.308 e. The lowest BCUT2D eigenvalue weighted by Gasteiger charge is -2.08. The number of carbonyl (C=O) groups is 1. The van der Waals surface area contributed by atoms with Crippen LogP contribution in [0.4, 0.5) is 0 Å². The van der Waals surface area contributed by atoms with Crippen molar-refractivity contribution < 1.29 is 14.6 Å². The van der Waals surface area contributed by atoms with Gasteiger partial charge in [-0.25, -0.2) is 0 Å². The number of rotatable bonds is 6. The summed E-state index contributed by atoms with van der Waals surface area (Å²) in [6.45, 7) is 2.11. The Kier molecular flexibility index (Phi) is 4.78. The van der Waals surface area contributed by atoms with E-state index >= 15 is 0 Å². The SMILES string of the molecule is CCOC(=O)CC(O)Cn1nnc(-c2ccccc2)n1. The molecule has 1 heterocycles. The first-order chi connectivity index (χ1) is 9.69. The minimum Gasteiger partial charge on any atom is -0.466 e. The van der Waals surface area contributed by atoms with Crippen molar-refractivity contribution in [2.75, 3.05) is 6.61 Å². The van der Waals surface area contributed by atoms with Gasteiger partial charge in [0.05, 0.1) is 25.7 Å². The van der Waals surface area contributed by atoms with Crippen molar-refractivity contribution >= 4 is 5.97 Å². The van der Waals surface area contributed by atoms with Crippen molar-refractivity contribution in [3.05, 3.63) is 30.3 Å². The third kappa shape index (κ3) is 3.86. The van der Waals surface area contributed by atoms with E-state index in [4.69, 9.17) is 4.74 Å². The van der Waals surface area contributed by atoms with Gasteiger partial charge in [-0.3, -0.25) is 4.79 Å². The van der Waals surface area contributed by atoms with Crippen LogP contribution < -0.4 is 0 Å². The molecule has 0 saturated heterocycles. The van der Waals surface area contributed by atoms with Crippen LogP contribution in [-0.2, 0) is 16.1 Å². The third-order valence-electron chi connectivity index (χ3n) is 2.57. The van der Waals surface area contributed by atoms with Crippen LogP contribution in [0.5, 0.6) is 0 Å². The number of esters is 1. The highest BCUT2D eigenvalue weighted by molar-refractivity contribution is 5.69. The second kappa shape index (κ2) is 6.76. The van der Waals surface area contributed by atoms with Crippen molar-refractivity contribution in [1.82, 2.24) is 20.2 Å². The summed E-state index contributed by atoms with van der Waals surface area (Å²) < 4.78 is 4.76. The summed E-state index contributed by atoms with van der Waals surface area (Å²) in [6.07, 6.45) is -0.984. The quantitative estimate of drug-likeness (QED) is 0.779. The predicted molar refractivity (Wildman–Crippen MR) is 70.5 cm³/mol. The van der Waals surface area contributed by atoms with E-state index in [1.54, 1.807) is 6.92 Å². The monoisotopic (exact) mass is 276 g/mol. The number of benzene rings is 1. The van der Waals surface area contributed by atoms with Gasteiger partial charge < -0.3 is 9.84 Å². The van der Waals surface area contributed by atoms with Gasteiger partial charge in [0.25, 0.3) is 0 Å². The Labute approximate surface area is 116 Å². The normalized spacial score (nSPS) is 12.1. The molecule has 0 bridgehead atoms. The highest BCUT2D eigenvalue weighted by Gasteiger charge is 2.14. The van der Waals surface area contributed by atoms with Gasteiger partial charge in [-0.1, -0.05) is 30.3 Å². The van der Waals surface area contributed by atoms with Gasteiger partial charge in [0.2, 0.25) is 5.82 Å². The lowest BCUT2D eigenvalue weighted by molar-refractivity contribution is -0.145. The highest BCUT2D eigenvalue weighted by Crippen LogP contribution is 2.12. The maximum absolute atomic E-state index is 11.2. The van der Waals surface area contributed by atoms with Gasteiger partial charge in [0, 0.05) is 5.56 Å². The second-order valence-electron chi connectivity index (χ2n) is 4.20. The number of hydrogen-bond donors (Lipinski definition) is 1. The molecule has 1 aromatic heterocycles. The Bertz CT molecular complexity index is 556. The first kappa shape index (κ1) is 14.1. The Morgan fingerprint density at radius 1 is 1.40 bits per heavy atom. The summed E-state index contributed by atoms with van der Waals surface area (Å²) in [7, 11) is 0. The molecule has 7 heteroatoms. The molecule has 2 aromatic rings. The van der Waals surface area contributed by atoms with E-state index in [9.17, 15) is 9.90 Å². The molecule has 0 saturated carbocycles. The number of ether oxygens (including phenoxy) is 1. The molecule has 1 unspecified atom stereocenters. The zero-order chi connectivity index (χ0) is 14.4. The molecule has 0 aliphatic heterocycles. The van der Waals surface area contributed by atoms with Crippen LogP contribution in [0.1, 0.15) is 13.3 Å². The van der Waals surface area contributed by atoms with E-state index in [1.165, 1.54) is 4.80 Å². The van der Waals surface area contributed by atoms with E-state index in [0.29, 0.717) is 12.4 Å². The highest BCUT2D eigenvalue weighted by atomic mass is 16.5. The molecule has 106 valence electrons. The number of aliphatic hydroxyl groups is 1. The first-order valence-corrected chi connectivity index (χ1v) is 6.36. The smallest absolute Gasteiger partial charge is 0.308 e. The summed E-state index contributed by atoms with van der Waals surface area (Å²) in [6, 6.07) is 9.40. The number of nitrogens with zero attached hydrogens (tertiary/aromatic N) is 4. The van der Waals surface area contributed by atoms with Crippen LogP contribution in [-0.4, -0.2) is 44.0 Å². The Balaban J connectivity index is 1.94. The third-order valence-corrected chi connectivity index (χ3v) is 2.57. The first-order valence-electron chi connectivity index (χ1n) is 6.36. The van der Waals surface area contributed by atoms with Crippen LogP contribution in [0.15, 0.2) is 30.3 Å². The molecule has 0 radical (unpaired) electrons. The van der Waals surface area contributed by atoms with Gasteiger partial charge in [-0.05, 0) is 12.1 Å². The average molecular weight is 276 g/mol. The van der Waals surface area contributed by atoms with Crippen LogP contribution >= 0.6 is 0 Å². The fraction of sp³-hybridized carbons (Fsp3) is 0.385. The minimum atomic E-state index is -0.896. The fourth-order valence-electron chi connectivity index (χ4n) is 1.69. The molecule has 0 spiro atoms. The molecule has 0 aliphatic carbocycles. The van der Waals surface area contributed by atoms with Crippen molar-refractivity contribution in [2.24, 2.45) is 0 Å². The van der Waals surface area contributed by atoms with Crippen LogP contribution in [0, 0.1) is 0 Å². The number of aliphatic hydroxyl groups excluding tert-OH is 1. The summed E-state index contributed by atoms with van der Waals surface area (Å²) in [5, 5.41) is 21.7. The van der Waals surface area contributed by atoms with E-state index in [0.717, 1.165) is 5.56 Å². The molecule has 1 atom stereocenters. The van der Waals surface area contributed by atoms with Crippen molar-refractivity contribution in [2.45, 2.75) is 26.0 Å². The molecule has 1 N–H and O–H groups in total. The number of hydrogen-bond acceptors (Lipinski definition) is 6. The van der Waals surface area contributed by atoms with Crippen LogP contribution in [0.25, 0.3) is 11.4 Å². The molecule has 7 nitrogen and oxygen atoms in total. The largest absolute Gasteiger partial charge is 0.466 e. The topological polar surface area (TPSA) is 90.1 Å². The Morgan fingerprint density at radius 3 is 2.85 bits per heavy atom. The molecule has 2 rings (SSSR count). The molecule has 1 aromatic carbocycles. The lowest BCUT2D eigenvalue weighted by Crippen LogP contribution is -2.22. The molecular formula is C13H16N4O3. The molecular weight excluding hydrogens is 260 g/mol. The number of tetrazole rings is 1. The number of aromatic nitrogens is 4. The summed E-state index contributed by atoms with van der Waals surface area (Å²) in [5.74, 6) is 0.0392. The summed E-state index contributed by atoms with van der Waals surface area (Å²) in [4.78, 5) is 12.5. The van der Waals surface area contributed by atoms with Gasteiger partial charge in [0.15, 0.2) is 0 Å².